The van der Waals surface area contributed by atoms with Crippen molar-refractivity contribution in [2.75, 3.05) is 39.6 Å². The van der Waals surface area contributed by atoms with Gasteiger partial charge in [0.05, 0.1) is 26.4 Å². The molecule has 0 aliphatic heterocycles. The summed E-state index contributed by atoms with van der Waals surface area (Å²) in [7, 11) is -9.92. The number of esters is 4. The largest absolute Gasteiger partial charge is 0.472 e. The van der Waals surface area contributed by atoms with Crippen LogP contribution < -0.4 is 0 Å². The number of phosphoric acid groups is 2. The van der Waals surface area contributed by atoms with Gasteiger partial charge in [-0.25, -0.2) is 9.13 Å². The van der Waals surface area contributed by atoms with Crippen molar-refractivity contribution in [3.8, 4) is 0 Å². The minimum atomic E-state index is -4.96. The third kappa shape index (κ3) is 72.3. The van der Waals surface area contributed by atoms with Gasteiger partial charge < -0.3 is 33.8 Å². The van der Waals surface area contributed by atoms with Crippen molar-refractivity contribution in [3.63, 3.8) is 0 Å². The maximum atomic E-state index is 13.1. The third-order valence-electron chi connectivity index (χ3n) is 20.4. The summed E-state index contributed by atoms with van der Waals surface area (Å²) in [6.45, 7) is 14.3. The highest BCUT2D eigenvalue weighted by molar-refractivity contribution is 7.47. The Balaban J connectivity index is 5.22. The third-order valence-corrected chi connectivity index (χ3v) is 22.3. The van der Waals surface area contributed by atoms with Crippen molar-refractivity contribution in [1.82, 2.24) is 0 Å². The Labute approximate surface area is 626 Å². The van der Waals surface area contributed by atoms with E-state index in [2.05, 4.69) is 55.4 Å². The fourth-order valence-corrected chi connectivity index (χ4v) is 14.3. The van der Waals surface area contributed by atoms with Gasteiger partial charge in [-0.2, -0.15) is 0 Å². The maximum absolute atomic E-state index is 13.1. The Bertz CT molecular complexity index is 1990. The molecule has 0 rings (SSSR count). The molecule has 102 heavy (non-hydrogen) atoms. The summed E-state index contributed by atoms with van der Waals surface area (Å²) in [5.74, 6) is 1.07. The molecule has 5 unspecified atom stereocenters. The van der Waals surface area contributed by atoms with E-state index in [0.717, 1.165) is 120 Å². The predicted octanol–water partition coefficient (Wildman–Crippen LogP) is 24.8. The molecule has 0 saturated carbocycles. The lowest BCUT2D eigenvalue weighted by Gasteiger charge is -2.21. The van der Waals surface area contributed by atoms with E-state index in [1.807, 2.05) is 0 Å². The van der Waals surface area contributed by atoms with Crippen molar-refractivity contribution in [2.45, 2.75) is 446 Å². The molecule has 17 nitrogen and oxygen atoms in total. The number of aliphatic hydroxyl groups is 1. The summed E-state index contributed by atoms with van der Waals surface area (Å²) in [5.41, 5.74) is 0. The number of ether oxygens (including phenoxy) is 4. The van der Waals surface area contributed by atoms with E-state index in [1.54, 1.807) is 0 Å². The summed E-state index contributed by atoms with van der Waals surface area (Å²) in [6.07, 6.45) is 59.7. The molecule has 0 aromatic rings. The Morgan fingerprint density at radius 1 is 0.275 bits per heavy atom. The van der Waals surface area contributed by atoms with Gasteiger partial charge in [0, 0.05) is 25.7 Å². The summed E-state index contributed by atoms with van der Waals surface area (Å²) < 4.78 is 68.7. The predicted molar refractivity (Wildman–Crippen MR) is 418 cm³/mol. The first-order valence-corrected chi connectivity index (χ1v) is 45.8. The Morgan fingerprint density at radius 3 is 0.696 bits per heavy atom. The average molecular weight is 1490 g/mol. The van der Waals surface area contributed by atoms with Crippen molar-refractivity contribution in [3.05, 3.63) is 0 Å². The highest BCUT2D eigenvalue weighted by atomic mass is 31.2. The number of hydrogen-bond donors (Lipinski definition) is 3. The highest BCUT2D eigenvalue weighted by Gasteiger charge is 2.30. The lowest BCUT2D eigenvalue weighted by molar-refractivity contribution is -0.161. The zero-order valence-corrected chi connectivity index (χ0v) is 69.0. The van der Waals surface area contributed by atoms with E-state index < -0.39 is 97.5 Å². The molecule has 606 valence electrons. The first-order chi connectivity index (χ1) is 49.2. The second-order valence-corrected chi connectivity index (χ2v) is 34.0. The minimum absolute atomic E-state index is 0.104. The van der Waals surface area contributed by atoms with Gasteiger partial charge in [-0.05, 0) is 49.4 Å². The normalized spacial score (nSPS) is 14.8. The smallest absolute Gasteiger partial charge is 0.462 e. The van der Waals surface area contributed by atoms with Gasteiger partial charge >= 0.3 is 39.5 Å². The van der Waals surface area contributed by atoms with Crippen LogP contribution in [0, 0.1) is 23.7 Å². The van der Waals surface area contributed by atoms with E-state index in [1.165, 1.54) is 225 Å². The Morgan fingerprint density at radius 2 is 0.471 bits per heavy atom. The molecule has 0 aliphatic rings. The molecule has 0 amide bonds. The first kappa shape index (κ1) is 100. The number of carbonyl (C=O) groups excluding carboxylic acids is 4. The van der Waals surface area contributed by atoms with Crippen molar-refractivity contribution in [1.29, 1.82) is 0 Å². The molecule has 0 radical (unpaired) electrons. The van der Waals surface area contributed by atoms with Crippen LogP contribution in [0.15, 0.2) is 0 Å². The standard InChI is InChI=1S/C83H162O17P2/c1-9-74(6)60-52-44-36-30-24-20-16-14-12-13-15-17-23-27-33-39-49-57-65-82(87)99-78(69-93-80(85)63-55-47-38-32-26-22-19-18-21-25-31-37-45-53-61-75(7)10-2)71-97-101(89,90)95-67-77(84)68-96-102(91,92)98-72-79(70-94-81(86)64-56-48-42-41-46-54-62-76(8)11-3)100-83(88)66-58-50-40-34-28-29-35-43-51-59-73(4)5/h73-79,84H,9-72H2,1-8H3,(H,89,90)(H,91,92)/t74?,75?,76?,77-,78-,79-/m1/s1. The van der Waals surface area contributed by atoms with E-state index in [4.69, 9.17) is 37.0 Å². The van der Waals surface area contributed by atoms with E-state index in [9.17, 15) is 43.2 Å². The molecule has 0 heterocycles. The van der Waals surface area contributed by atoms with Gasteiger partial charge in [0.1, 0.15) is 19.3 Å². The molecule has 3 N–H and O–H groups in total. The van der Waals surface area contributed by atoms with E-state index >= 15 is 0 Å². The summed E-state index contributed by atoms with van der Waals surface area (Å²) in [5, 5.41) is 10.6. The van der Waals surface area contributed by atoms with Crippen LogP contribution in [0.3, 0.4) is 0 Å². The lowest BCUT2D eigenvalue weighted by Crippen LogP contribution is -2.30. The lowest BCUT2D eigenvalue weighted by atomic mass is 9.99. The monoisotopic (exact) mass is 1490 g/mol. The van der Waals surface area contributed by atoms with E-state index in [0.29, 0.717) is 25.7 Å². The molecule has 19 heteroatoms. The van der Waals surface area contributed by atoms with Gasteiger partial charge in [0.15, 0.2) is 12.2 Å². The van der Waals surface area contributed by atoms with Crippen LogP contribution in [0.4, 0.5) is 0 Å². The zero-order chi connectivity index (χ0) is 75.3. The van der Waals surface area contributed by atoms with Crippen LogP contribution in [-0.4, -0.2) is 96.7 Å². The molecule has 8 atom stereocenters. The van der Waals surface area contributed by atoms with Gasteiger partial charge in [-0.15, -0.1) is 0 Å². The van der Waals surface area contributed by atoms with Crippen molar-refractivity contribution >= 4 is 39.5 Å². The molecule has 0 aliphatic carbocycles. The van der Waals surface area contributed by atoms with Crippen LogP contribution in [0.25, 0.3) is 0 Å². The maximum Gasteiger partial charge on any atom is 0.472 e. The summed E-state index contributed by atoms with van der Waals surface area (Å²) in [4.78, 5) is 73.0. The van der Waals surface area contributed by atoms with Crippen LogP contribution in [-0.2, 0) is 65.4 Å². The molecule has 0 fully saturated rings. The average Bonchev–Trinajstić information content (AvgIpc) is 0.909. The molecule has 0 aromatic heterocycles. The van der Waals surface area contributed by atoms with Crippen LogP contribution in [0.5, 0.6) is 0 Å². The first-order valence-electron chi connectivity index (χ1n) is 42.8. The van der Waals surface area contributed by atoms with Gasteiger partial charge in [-0.3, -0.25) is 37.3 Å². The molecule has 0 spiro atoms. The molecule has 0 saturated heterocycles. The summed E-state index contributed by atoms with van der Waals surface area (Å²) >= 11 is 0. The van der Waals surface area contributed by atoms with Gasteiger partial charge in [0.25, 0.3) is 0 Å². The Hall–Kier alpha value is -1.94. The topological polar surface area (TPSA) is 237 Å². The fourth-order valence-electron chi connectivity index (χ4n) is 12.7. The van der Waals surface area contributed by atoms with Crippen LogP contribution in [0.1, 0.15) is 428 Å². The summed E-state index contributed by atoms with van der Waals surface area (Å²) in [6, 6.07) is 0. The van der Waals surface area contributed by atoms with Crippen molar-refractivity contribution < 1.29 is 80.2 Å². The SMILES string of the molecule is CCC(C)CCCCCCCCCCCCCCCCCCCCC(=O)O[C@H](COC(=O)CCCCCCCCCCCCCCCCC(C)CC)COP(=O)(O)OC[C@@H](O)COP(=O)(O)OC[C@@H](COC(=O)CCCCCCCCC(C)CC)OC(=O)CCCCCCCCCCCC(C)C. The van der Waals surface area contributed by atoms with Crippen molar-refractivity contribution in [2.24, 2.45) is 23.7 Å². The van der Waals surface area contributed by atoms with Crippen LogP contribution in [0.2, 0.25) is 0 Å². The van der Waals surface area contributed by atoms with Crippen LogP contribution >= 0.6 is 15.6 Å². The number of aliphatic hydroxyl groups excluding tert-OH is 1. The number of unbranched alkanes of at least 4 members (excludes halogenated alkanes) is 43. The molecule has 0 aromatic carbocycles. The molecular weight excluding hydrogens is 1330 g/mol. The quantitative estimate of drug-likeness (QED) is 0.0222. The second kappa shape index (κ2) is 72.0. The van der Waals surface area contributed by atoms with E-state index in [-0.39, 0.29) is 25.7 Å². The number of phosphoric ester groups is 2. The number of carbonyl (C=O) groups is 4. The minimum Gasteiger partial charge on any atom is -0.462 e. The Kier molecular flexibility index (Phi) is 70.6. The fraction of sp³-hybridized carbons (Fsp3) is 0.952. The highest BCUT2D eigenvalue weighted by Crippen LogP contribution is 2.45. The second-order valence-electron chi connectivity index (χ2n) is 31.1. The van der Waals surface area contributed by atoms with Gasteiger partial charge in [-0.1, -0.05) is 376 Å². The molecular formula is C83H162O17P2. The number of hydrogen-bond acceptors (Lipinski definition) is 15. The zero-order valence-electron chi connectivity index (χ0n) is 67.2. The molecule has 0 bridgehead atoms. The number of rotatable bonds is 80. The van der Waals surface area contributed by atoms with Gasteiger partial charge in [0.2, 0.25) is 0 Å².